The zero-order chi connectivity index (χ0) is 13.0. The molecule has 2 N–H and O–H groups in total. The largest absolute Gasteiger partial charge is 0.478 e. The summed E-state index contributed by atoms with van der Waals surface area (Å²) in [5, 5.41) is 13.9. The molecule has 1 heterocycles. The van der Waals surface area contributed by atoms with Crippen molar-refractivity contribution in [3.63, 3.8) is 0 Å². The van der Waals surface area contributed by atoms with Gasteiger partial charge in [-0.05, 0) is 23.6 Å². The number of rotatable bonds is 5. The molecule has 1 aromatic carbocycles. The molecule has 0 amide bonds. The van der Waals surface area contributed by atoms with Gasteiger partial charge in [-0.15, -0.1) is 0 Å². The molecular weight excluding hydrogens is 232 g/mol. The number of benzene rings is 1. The number of ether oxygens (including phenoxy) is 1. The normalized spacial score (nSPS) is 10.5. The van der Waals surface area contributed by atoms with E-state index >= 15 is 0 Å². The minimum Gasteiger partial charge on any atom is -0.478 e. The lowest BCUT2D eigenvalue weighted by Gasteiger charge is -2.08. The fourth-order valence-electron chi connectivity index (χ4n) is 1.71. The van der Waals surface area contributed by atoms with Gasteiger partial charge in [-0.1, -0.05) is 6.07 Å². The van der Waals surface area contributed by atoms with Crippen LogP contribution in [0.3, 0.4) is 0 Å². The molecule has 0 fully saturated rings. The third-order valence-corrected chi connectivity index (χ3v) is 2.61. The first-order chi connectivity index (χ1) is 8.72. The highest BCUT2D eigenvalue weighted by atomic mass is 16.5. The van der Waals surface area contributed by atoms with Crippen LogP contribution in [-0.4, -0.2) is 36.3 Å². The minimum atomic E-state index is -0.941. The van der Waals surface area contributed by atoms with Crippen LogP contribution in [0.5, 0.6) is 0 Å². The van der Waals surface area contributed by atoms with Gasteiger partial charge in [0.1, 0.15) is 5.82 Å². The Bertz CT molecular complexity index is 569. The molecule has 0 saturated heterocycles. The van der Waals surface area contributed by atoms with Crippen LogP contribution in [-0.2, 0) is 4.74 Å². The van der Waals surface area contributed by atoms with Gasteiger partial charge in [-0.25, -0.2) is 9.78 Å². The summed E-state index contributed by atoms with van der Waals surface area (Å²) in [5.41, 5.74) is 0.255. The summed E-state index contributed by atoms with van der Waals surface area (Å²) >= 11 is 0. The van der Waals surface area contributed by atoms with E-state index in [2.05, 4.69) is 10.3 Å². The molecule has 94 valence electrons. The number of nitrogens with one attached hydrogen (secondary N) is 1. The third kappa shape index (κ3) is 2.57. The van der Waals surface area contributed by atoms with Gasteiger partial charge in [-0.3, -0.25) is 0 Å². The molecule has 0 aliphatic heterocycles. The molecular formula is C13H14N2O3. The molecule has 0 spiro atoms. The van der Waals surface area contributed by atoms with Gasteiger partial charge in [-0.2, -0.15) is 0 Å². The molecule has 0 aliphatic carbocycles. The molecule has 0 unspecified atom stereocenters. The number of anilines is 1. The number of fused-ring (bicyclic) bond motifs is 1. The molecule has 5 heteroatoms. The highest BCUT2D eigenvalue weighted by Crippen LogP contribution is 2.22. The Morgan fingerprint density at radius 2 is 2.28 bits per heavy atom. The van der Waals surface area contributed by atoms with Crippen molar-refractivity contribution < 1.29 is 14.6 Å². The van der Waals surface area contributed by atoms with E-state index in [0.29, 0.717) is 19.0 Å². The second-order valence-corrected chi connectivity index (χ2v) is 3.82. The predicted octanol–water partition coefficient (Wildman–Crippen LogP) is 1.99. The number of hydrogen-bond donors (Lipinski definition) is 2. The highest BCUT2D eigenvalue weighted by Gasteiger charge is 2.07. The molecule has 5 nitrogen and oxygen atoms in total. The average molecular weight is 246 g/mol. The number of aromatic nitrogens is 1. The summed E-state index contributed by atoms with van der Waals surface area (Å²) < 4.78 is 4.95. The number of hydrogen-bond acceptors (Lipinski definition) is 4. The van der Waals surface area contributed by atoms with Gasteiger partial charge in [0.15, 0.2) is 0 Å². The summed E-state index contributed by atoms with van der Waals surface area (Å²) in [4.78, 5) is 15.2. The SMILES string of the molecule is COCCNc1nccc2ccc(C(=O)O)cc12. The molecule has 0 saturated carbocycles. The number of methoxy groups -OCH3 is 1. The minimum absolute atomic E-state index is 0.255. The number of nitrogens with zero attached hydrogens (tertiary/aromatic N) is 1. The van der Waals surface area contributed by atoms with Crippen LogP contribution in [0.2, 0.25) is 0 Å². The maximum atomic E-state index is 11.0. The first-order valence-corrected chi connectivity index (χ1v) is 5.57. The van der Waals surface area contributed by atoms with Gasteiger partial charge in [0.25, 0.3) is 0 Å². The molecule has 0 radical (unpaired) electrons. The van der Waals surface area contributed by atoms with Crippen LogP contribution >= 0.6 is 0 Å². The van der Waals surface area contributed by atoms with Crippen LogP contribution in [0.25, 0.3) is 10.8 Å². The number of carboxylic acids is 1. The van der Waals surface area contributed by atoms with Gasteiger partial charge in [0.2, 0.25) is 0 Å². The quantitative estimate of drug-likeness (QED) is 0.789. The van der Waals surface area contributed by atoms with Crippen molar-refractivity contribution in [2.24, 2.45) is 0 Å². The Kier molecular flexibility index (Phi) is 3.74. The summed E-state index contributed by atoms with van der Waals surface area (Å²) in [6, 6.07) is 6.84. The lowest BCUT2D eigenvalue weighted by molar-refractivity contribution is 0.0697. The van der Waals surface area contributed by atoms with E-state index in [1.165, 1.54) is 0 Å². The van der Waals surface area contributed by atoms with E-state index in [1.807, 2.05) is 6.07 Å². The van der Waals surface area contributed by atoms with E-state index in [-0.39, 0.29) is 5.56 Å². The van der Waals surface area contributed by atoms with Crippen LogP contribution in [0, 0.1) is 0 Å². The Morgan fingerprint density at radius 1 is 1.44 bits per heavy atom. The third-order valence-electron chi connectivity index (χ3n) is 2.61. The van der Waals surface area contributed by atoms with Crippen molar-refractivity contribution in [1.82, 2.24) is 4.98 Å². The molecule has 2 rings (SSSR count). The zero-order valence-electron chi connectivity index (χ0n) is 10.0. The van der Waals surface area contributed by atoms with Gasteiger partial charge in [0, 0.05) is 25.2 Å². The number of carboxylic acid groups (broad SMARTS) is 1. The van der Waals surface area contributed by atoms with Gasteiger partial charge >= 0.3 is 5.97 Å². The number of carbonyl (C=O) groups is 1. The molecule has 0 atom stereocenters. The summed E-state index contributed by atoms with van der Waals surface area (Å²) in [7, 11) is 1.63. The first-order valence-electron chi connectivity index (χ1n) is 5.57. The zero-order valence-corrected chi connectivity index (χ0v) is 10.0. The average Bonchev–Trinajstić information content (AvgIpc) is 2.38. The van der Waals surface area contributed by atoms with Crippen LogP contribution in [0.15, 0.2) is 30.5 Å². The monoisotopic (exact) mass is 246 g/mol. The Morgan fingerprint density at radius 3 is 3.00 bits per heavy atom. The van der Waals surface area contributed by atoms with Crippen LogP contribution in [0.4, 0.5) is 5.82 Å². The number of aromatic carboxylic acids is 1. The van der Waals surface area contributed by atoms with Crippen molar-refractivity contribution >= 4 is 22.6 Å². The second kappa shape index (κ2) is 5.46. The summed E-state index contributed by atoms with van der Waals surface area (Å²) in [6.45, 7) is 1.19. The maximum absolute atomic E-state index is 11.0. The van der Waals surface area contributed by atoms with E-state index in [1.54, 1.807) is 31.5 Å². The van der Waals surface area contributed by atoms with Crippen molar-refractivity contribution in [2.45, 2.75) is 0 Å². The summed E-state index contributed by atoms with van der Waals surface area (Å²) in [5.74, 6) is -0.267. The predicted molar refractivity (Wildman–Crippen MR) is 69.1 cm³/mol. The second-order valence-electron chi connectivity index (χ2n) is 3.82. The van der Waals surface area contributed by atoms with Gasteiger partial charge < -0.3 is 15.2 Å². The number of pyridine rings is 1. The van der Waals surface area contributed by atoms with Gasteiger partial charge in [0.05, 0.1) is 12.2 Å². The van der Waals surface area contributed by atoms with E-state index < -0.39 is 5.97 Å². The van der Waals surface area contributed by atoms with Crippen molar-refractivity contribution in [3.8, 4) is 0 Å². The molecule has 1 aromatic heterocycles. The Balaban J connectivity index is 2.39. The smallest absolute Gasteiger partial charge is 0.335 e. The van der Waals surface area contributed by atoms with Crippen molar-refractivity contribution in [2.75, 3.05) is 25.6 Å². The van der Waals surface area contributed by atoms with E-state index in [4.69, 9.17) is 9.84 Å². The molecule has 2 aromatic rings. The fourth-order valence-corrected chi connectivity index (χ4v) is 1.71. The fraction of sp³-hybridized carbons (Fsp3) is 0.231. The van der Waals surface area contributed by atoms with Crippen molar-refractivity contribution in [1.29, 1.82) is 0 Å². The Labute approximate surface area is 104 Å². The van der Waals surface area contributed by atoms with E-state index in [0.717, 1.165) is 10.8 Å². The van der Waals surface area contributed by atoms with E-state index in [9.17, 15) is 4.79 Å². The first kappa shape index (κ1) is 12.3. The lowest BCUT2D eigenvalue weighted by Crippen LogP contribution is -2.09. The van der Waals surface area contributed by atoms with Crippen LogP contribution in [0.1, 0.15) is 10.4 Å². The van der Waals surface area contributed by atoms with Crippen LogP contribution < -0.4 is 5.32 Å². The molecule has 0 bridgehead atoms. The molecule has 18 heavy (non-hydrogen) atoms. The van der Waals surface area contributed by atoms with Crippen molar-refractivity contribution in [3.05, 3.63) is 36.0 Å². The lowest BCUT2D eigenvalue weighted by atomic mass is 10.1. The topological polar surface area (TPSA) is 71.5 Å². The summed E-state index contributed by atoms with van der Waals surface area (Å²) in [6.07, 6.45) is 1.69. The highest BCUT2D eigenvalue weighted by molar-refractivity contribution is 5.98. The maximum Gasteiger partial charge on any atom is 0.335 e. The molecule has 0 aliphatic rings. The standard InChI is InChI=1S/C13H14N2O3/c1-18-7-6-15-12-11-8-10(13(16)17)3-2-9(11)4-5-14-12/h2-5,8H,6-7H2,1H3,(H,14,15)(H,16,17). The Hall–Kier alpha value is -2.14.